The van der Waals surface area contributed by atoms with Gasteiger partial charge in [-0.1, -0.05) is 26.7 Å². The van der Waals surface area contributed by atoms with Crippen molar-refractivity contribution in [3.8, 4) is 0 Å². The van der Waals surface area contributed by atoms with Gasteiger partial charge in [0.25, 0.3) is 0 Å². The normalized spacial score (nSPS) is 12.1. The fourth-order valence-corrected chi connectivity index (χ4v) is 1.27. The van der Waals surface area contributed by atoms with Gasteiger partial charge in [0.05, 0.1) is 0 Å². The molecule has 0 atom stereocenters. The summed E-state index contributed by atoms with van der Waals surface area (Å²) in [5, 5.41) is 8.84. The van der Waals surface area contributed by atoms with Crippen LogP contribution in [0.25, 0.3) is 0 Å². The third kappa shape index (κ3) is 4.63. The Morgan fingerprint density at radius 1 is 1.20 bits per heavy atom. The van der Waals surface area contributed by atoms with Gasteiger partial charge >= 0.3 is 5.97 Å². The van der Waals surface area contributed by atoms with E-state index in [0.29, 0.717) is 6.42 Å². The van der Waals surface area contributed by atoms with Gasteiger partial charge in [-0.3, -0.25) is 4.79 Å². The maximum atomic E-state index is 11.5. The van der Waals surface area contributed by atoms with Crippen molar-refractivity contribution in [2.75, 3.05) is 0 Å². The molecule has 0 aliphatic heterocycles. The van der Waals surface area contributed by atoms with E-state index < -0.39 is 5.97 Å². The molecular formula is C11H19NO3. The van der Waals surface area contributed by atoms with Crippen molar-refractivity contribution >= 4 is 11.8 Å². The van der Waals surface area contributed by atoms with E-state index in [9.17, 15) is 9.59 Å². The second-order valence-corrected chi connectivity index (χ2v) is 3.44. The summed E-state index contributed by atoms with van der Waals surface area (Å²) < 4.78 is 0. The smallest absolute Gasteiger partial charge is 0.341 e. The number of rotatable bonds is 7. The highest BCUT2D eigenvalue weighted by atomic mass is 16.4. The van der Waals surface area contributed by atoms with Crippen molar-refractivity contribution in [1.82, 2.24) is 0 Å². The Labute approximate surface area is 90.2 Å². The van der Waals surface area contributed by atoms with Crippen LogP contribution in [0.5, 0.6) is 0 Å². The van der Waals surface area contributed by atoms with Gasteiger partial charge in [0, 0.05) is 12.1 Å². The number of carboxylic acid groups (broad SMARTS) is 1. The molecule has 4 nitrogen and oxygen atoms in total. The molecule has 0 heterocycles. The summed E-state index contributed by atoms with van der Waals surface area (Å²) in [5.41, 5.74) is 5.44. The molecule has 0 bridgehead atoms. The SMILES string of the molecule is CCCCCC(=O)C(C(=O)O)=C(N)CC. The summed E-state index contributed by atoms with van der Waals surface area (Å²) in [6.45, 7) is 3.76. The summed E-state index contributed by atoms with van der Waals surface area (Å²) in [4.78, 5) is 22.4. The Morgan fingerprint density at radius 3 is 2.20 bits per heavy atom. The monoisotopic (exact) mass is 213 g/mol. The zero-order valence-electron chi connectivity index (χ0n) is 9.38. The Kier molecular flexibility index (Phi) is 6.42. The molecule has 0 aliphatic rings. The molecule has 0 saturated heterocycles. The predicted octanol–water partition coefficient (Wildman–Crippen LogP) is 1.84. The number of hydrogen-bond donors (Lipinski definition) is 2. The van der Waals surface area contributed by atoms with Crippen molar-refractivity contribution in [1.29, 1.82) is 0 Å². The predicted molar refractivity (Wildman–Crippen MR) is 58.3 cm³/mol. The second kappa shape index (κ2) is 7.04. The second-order valence-electron chi connectivity index (χ2n) is 3.44. The number of nitrogens with two attached hydrogens (primary N) is 1. The summed E-state index contributed by atoms with van der Waals surface area (Å²) in [5.74, 6) is -1.56. The minimum Gasteiger partial charge on any atom is -0.477 e. The van der Waals surface area contributed by atoms with Gasteiger partial charge in [-0.05, 0) is 12.8 Å². The highest BCUT2D eigenvalue weighted by molar-refractivity contribution is 6.17. The first-order chi connectivity index (χ1) is 7.04. The van der Waals surface area contributed by atoms with Gasteiger partial charge < -0.3 is 10.8 Å². The number of carboxylic acids is 1. The maximum Gasteiger partial charge on any atom is 0.341 e. The standard InChI is InChI=1S/C11H19NO3/c1-3-5-6-7-9(13)10(11(14)15)8(12)4-2/h3-7,12H2,1-2H3,(H,14,15). The van der Waals surface area contributed by atoms with Crippen LogP contribution < -0.4 is 5.73 Å². The Bertz CT molecular complexity index is 269. The first-order valence-corrected chi connectivity index (χ1v) is 5.29. The molecule has 0 radical (unpaired) electrons. The third-order valence-electron chi connectivity index (χ3n) is 2.20. The van der Waals surface area contributed by atoms with Gasteiger partial charge in [0.1, 0.15) is 5.57 Å². The van der Waals surface area contributed by atoms with E-state index >= 15 is 0 Å². The number of Topliss-reactive ketones (excluding diaryl/α,β-unsaturated/α-hetero) is 1. The van der Waals surface area contributed by atoms with E-state index in [1.165, 1.54) is 0 Å². The molecule has 0 saturated carbocycles. The fraction of sp³-hybridized carbons (Fsp3) is 0.636. The molecule has 3 N–H and O–H groups in total. The van der Waals surface area contributed by atoms with E-state index in [-0.39, 0.29) is 23.5 Å². The van der Waals surface area contributed by atoms with Gasteiger partial charge in [0.15, 0.2) is 5.78 Å². The first-order valence-electron chi connectivity index (χ1n) is 5.29. The van der Waals surface area contributed by atoms with Crippen LogP contribution in [0.3, 0.4) is 0 Å². The number of ketones is 1. The summed E-state index contributed by atoms with van der Waals surface area (Å²) in [7, 11) is 0. The molecule has 0 fully saturated rings. The lowest BCUT2D eigenvalue weighted by atomic mass is 10.0. The maximum absolute atomic E-state index is 11.5. The highest BCUT2D eigenvalue weighted by Crippen LogP contribution is 2.10. The van der Waals surface area contributed by atoms with Crippen LogP contribution in [0, 0.1) is 0 Å². The Morgan fingerprint density at radius 2 is 1.80 bits per heavy atom. The lowest BCUT2D eigenvalue weighted by Crippen LogP contribution is -2.18. The van der Waals surface area contributed by atoms with Crippen LogP contribution in [0.2, 0.25) is 0 Å². The van der Waals surface area contributed by atoms with Gasteiger partial charge in [0.2, 0.25) is 0 Å². The van der Waals surface area contributed by atoms with E-state index in [0.717, 1.165) is 19.3 Å². The van der Waals surface area contributed by atoms with Gasteiger partial charge in [-0.2, -0.15) is 0 Å². The molecule has 0 rings (SSSR count). The average Bonchev–Trinajstić information content (AvgIpc) is 2.17. The first kappa shape index (κ1) is 13.7. The minimum absolute atomic E-state index is 0.170. The zero-order chi connectivity index (χ0) is 11.8. The lowest BCUT2D eigenvalue weighted by molar-refractivity contribution is -0.134. The average molecular weight is 213 g/mol. The molecule has 0 aromatic carbocycles. The zero-order valence-corrected chi connectivity index (χ0v) is 9.38. The summed E-state index contributed by atoms with van der Waals surface area (Å²) in [6.07, 6.45) is 3.33. The number of unbranched alkanes of at least 4 members (excludes halogenated alkanes) is 2. The molecule has 4 heteroatoms. The van der Waals surface area contributed by atoms with E-state index in [1.54, 1.807) is 6.92 Å². The van der Waals surface area contributed by atoms with E-state index in [2.05, 4.69) is 0 Å². The number of allylic oxidation sites excluding steroid dienone is 1. The topological polar surface area (TPSA) is 80.4 Å². The molecule has 0 unspecified atom stereocenters. The van der Waals surface area contributed by atoms with Crippen molar-refractivity contribution in [2.24, 2.45) is 5.73 Å². The van der Waals surface area contributed by atoms with Crippen LogP contribution in [0.15, 0.2) is 11.3 Å². The highest BCUT2D eigenvalue weighted by Gasteiger charge is 2.19. The van der Waals surface area contributed by atoms with Crippen LogP contribution in [-0.2, 0) is 9.59 Å². The quantitative estimate of drug-likeness (QED) is 0.292. The molecule has 0 spiro atoms. The molecule has 0 aromatic heterocycles. The molecule has 86 valence electrons. The van der Waals surface area contributed by atoms with Crippen molar-refractivity contribution < 1.29 is 14.7 Å². The van der Waals surface area contributed by atoms with Gasteiger partial charge in [-0.25, -0.2) is 4.79 Å². The number of aliphatic carboxylic acids is 1. The summed E-state index contributed by atoms with van der Waals surface area (Å²) >= 11 is 0. The van der Waals surface area contributed by atoms with Crippen LogP contribution in [0.4, 0.5) is 0 Å². The van der Waals surface area contributed by atoms with E-state index in [4.69, 9.17) is 10.8 Å². The number of hydrogen-bond acceptors (Lipinski definition) is 3. The molecule has 0 amide bonds. The lowest BCUT2D eigenvalue weighted by Gasteiger charge is -2.05. The Hall–Kier alpha value is -1.32. The molecular weight excluding hydrogens is 194 g/mol. The van der Waals surface area contributed by atoms with Gasteiger partial charge in [-0.15, -0.1) is 0 Å². The number of carbonyl (C=O) groups excluding carboxylic acids is 1. The van der Waals surface area contributed by atoms with Crippen LogP contribution in [0.1, 0.15) is 46.0 Å². The molecule has 0 aliphatic carbocycles. The van der Waals surface area contributed by atoms with Crippen molar-refractivity contribution in [3.63, 3.8) is 0 Å². The number of carbonyl (C=O) groups is 2. The third-order valence-corrected chi connectivity index (χ3v) is 2.20. The summed E-state index contributed by atoms with van der Waals surface area (Å²) in [6, 6.07) is 0. The van der Waals surface area contributed by atoms with Crippen molar-refractivity contribution in [2.45, 2.75) is 46.0 Å². The molecule has 0 aromatic rings. The fourth-order valence-electron chi connectivity index (χ4n) is 1.27. The minimum atomic E-state index is -1.21. The molecule has 15 heavy (non-hydrogen) atoms. The van der Waals surface area contributed by atoms with Crippen molar-refractivity contribution in [3.05, 3.63) is 11.3 Å². The van der Waals surface area contributed by atoms with E-state index in [1.807, 2.05) is 6.92 Å². The largest absolute Gasteiger partial charge is 0.477 e. The van der Waals surface area contributed by atoms with Crippen LogP contribution in [-0.4, -0.2) is 16.9 Å². The van der Waals surface area contributed by atoms with Crippen LogP contribution >= 0.6 is 0 Å². The Balaban J connectivity index is 4.52.